The van der Waals surface area contributed by atoms with Crippen LogP contribution in [-0.2, 0) is 16.8 Å². The Morgan fingerprint density at radius 3 is 2.46 bits per heavy atom. The second-order valence-corrected chi connectivity index (χ2v) is 6.83. The number of hydrogen-bond acceptors (Lipinski definition) is 2. The summed E-state index contributed by atoms with van der Waals surface area (Å²) in [6.07, 6.45) is 2.02. The van der Waals surface area contributed by atoms with Crippen molar-refractivity contribution in [1.82, 2.24) is 16.0 Å². The van der Waals surface area contributed by atoms with Crippen LogP contribution in [0.3, 0.4) is 0 Å². The quantitative estimate of drug-likeness (QED) is 0.314. The lowest BCUT2D eigenvalue weighted by atomic mass is 9.96. The molecule has 0 heterocycles. The van der Waals surface area contributed by atoms with Crippen LogP contribution in [0.25, 0.3) is 0 Å². The van der Waals surface area contributed by atoms with E-state index in [1.165, 1.54) is 6.07 Å². The number of carbonyl (C=O) groups is 1. The van der Waals surface area contributed by atoms with Gasteiger partial charge < -0.3 is 16.0 Å². The highest BCUT2D eigenvalue weighted by Crippen LogP contribution is 2.47. The summed E-state index contributed by atoms with van der Waals surface area (Å²) in [4.78, 5) is 16.2. The third-order valence-electron chi connectivity index (χ3n) is 4.86. The first-order valence-corrected chi connectivity index (χ1v) is 9.12. The van der Waals surface area contributed by atoms with E-state index in [0.29, 0.717) is 19.0 Å². The standard InChI is InChI=1S/C21H25FN4O.HI/c1-23-20(25-14-19(27)24-13-16-6-3-2-4-7-16)26-15-21(10-11-21)17-8-5-9-18(22)12-17;/h2-9,12H,10-11,13-15H2,1H3,(H,24,27)(H2,23,25,26);1H. The number of guanidine groups is 1. The molecule has 1 aliphatic rings. The molecule has 1 aliphatic carbocycles. The Bertz CT molecular complexity index is 809. The van der Waals surface area contributed by atoms with E-state index in [1.807, 2.05) is 36.4 Å². The number of nitrogens with one attached hydrogen (secondary N) is 3. The summed E-state index contributed by atoms with van der Waals surface area (Å²) >= 11 is 0. The van der Waals surface area contributed by atoms with Gasteiger partial charge in [0.15, 0.2) is 5.96 Å². The Balaban J connectivity index is 0.00000280. The SMILES string of the molecule is CN=C(NCC(=O)NCc1ccccc1)NCC1(c2cccc(F)c2)CC1.I. The van der Waals surface area contributed by atoms with Gasteiger partial charge >= 0.3 is 0 Å². The first-order valence-electron chi connectivity index (χ1n) is 9.12. The predicted molar refractivity (Wildman–Crippen MR) is 120 cm³/mol. The van der Waals surface area contributed by atoms with Gasteiger partial charge in [-0.1, -0.05) is 42.5 Å². The highest BCUT2D eigenvalue weighted by molar-refractivity contribution is 14.0. The molecule has 3 rings (SSSR count). The molecule has 0 radical (unpaired) electrons. The summed E-state index contributed by atoms with van der Waals surface area (Å²) in [6.45, 7) is 1.29. The molecular weight excluding hydrogens is 470 g/mol. The first kappa shape index (κ1) is 22.1. The molecule has 0 atom stereocenters. The number of halogens is 2. The topological polar surface area (TPSA) is 65.5 Å². The van der Waals surface area contributed by atoms with Crippen molar-refractivity contribution in [2.45, 2.75) is 24.8 Å². The average molecular weight is 496 g/mol. The molecule has 2 aromatic carbocycles. The monoisotopic (exact) mass is 496 g/mol. The maximum Gasteiger partial charge on any atom is 0.239 e. The van der Waals surface area contributed by atoms with Crippen molar-refractivity contribution < 1.29 is 9.18 Å². The van der Waals surface area contributed by atoms with Crippen molar-refractivity contribution in [1.29, 1.82) is 0 Å². The summed E-state index contributed by atoms with van der Waals surface area (Å²) in [6, 6.07) is 16.5. The van der Waals surface area contributed by atoms with Crippen molar-refractivity contribution in [3.8, 4) is 0 Å². The van der Waals surface area contributed by atoms with Gasteiger partial charge in [-0.25, -0.2) is 4.39 Å². The van der Waals surface area contributed by atoms with Crippen LogP contribution in [0, 0.1) is 5.82 Å². The Morgan fingerprint density at radius 2 is 1.82 bits per heavy atom. The number of benzene rings is 2. The van der Waals surface area contributed by atoms with Crippen molar-refractivity contribution in [3.63, 3.8) is 0 Å². The van der Waals surface area contributed by atoms with Gasteiger partial charge in [-0.05, 0) is 36.1 Å². The van der Waals surface area contributed by atoms with Gasteiger partial charge in [0.1, 0.15) is 5.82 Å². The molecule has 0 aromatic heterocycles. The van der Waals surface area contributed by atoms with E-state index in [0.717, 1.165) is 24.0 Å². The van der Waals surface area contributed by atoms with Crippen LogP contribution >= 0.6 is 24.0 Å². The molecular formula is C21H26FIN4O. The van der Waals surface area contributed by atoms with Gasteiger partial charge in [-0.15, -0.1) is 24.0 Å². The van der Waals surface area contributed by atoms with Crippen LogP contribution in [0.2, 0.25) is 0 Å². The highest BCUT2D eigenvalue weighted by atomic mass is 127. The molecule has 0 unspecified atom stereocenters. The smallest absolute Gasteiger partial charge is 0.239 e. The molecule has 150 valence electrons. The summed E-state index contributed by atoms with van der Waals surface area (Å²) in [7, 11) is 1.67. The molecule has 3 N–H and O–H groups in total. The predicted octanol–water partition coefficient (Wildman–Crippen LogP) is 2.96. The maximum atomic E-state index is 13.5. The largest absolute Gasteiger partial charge is 0.356 e. The van der Waals surface area contributed by atoms with E-state index in [1.54, 1.807) is 19.2 Å². The fourth-order valence-electron chi connectivity index (χ4n) is 3.03. The van der Waals surface area contributed by atoms with Crippen LogP contribution in [0.15, 0.2) is 59.6 Å². The molecule has 28 heavy (non-hydrogen) atoms. The molecule has 1 saturated carbocycles. The van der Waals surface area contributed by atoms with Crippen LogP contribution in [-0.4, -0.2) is 32.0 Å². The molecule has 0 aliphatic heterocycles. The minimum atomic E-state index is -0.212. The lowest BCUT2D eigenvalue weighted by Crippen LogP contribution is -2.45. The maximum absolute atomic E-state index is 13.5. The van der Waals surface area contributed by atoms with E-state index >= 15 is 0 Å². The van der Waals surface area contributed by atoms with E-state index in [4.69, 9.17) is 0 Å². The number of hydrogen-bond donors (Lipinski definition) is 3. The number of carbonyl (C=O) groups excluding carboxylic acids is 1. The molecule has 5 nitrogen and oxygen atoms in total. The normalized spacial score (nSPS) is 14.6. The van der Waals surface area contributed by atoms with E-state index in [9.17, 15) is 9.18 Å². The van der Waals surface area contributed by atoms with E-state index in [2.05, 4.69) is 20.9 Å². The number of rotatable bonds is 7. The summed E-state index contributed by atoms with van der Waals surface area (Å²) in [5.41, 5.74) is 2.01. The lowest BCUT2D eigenvalue weighted by molar-refractivity contribution is -0.120. The zero-order chi connectivity index (χ0) is 19.1. The Labute approximate surface area is 182 Å². The second kappa shape index (κ2) is 10.4. The van der Waals surface area contributed by atoms with Gasteiger partial charge in [0.2, 0.25) is 5.91 Å². The third-order valence-corrected chi connectivity index (χ3v) is 4.86. The fraction of sp³-hybridized carbons (Fsp3) is 0.333. The molecule has 7 heteroatoms. The van der Waals surface area contributed by atoms with Gasteiger partial charge in [0.05, 0.1) is 6.54 Å². The van der Waals surface area contributed by atoms with Gasteiger partial charge in [-0.2, -0.15) is 0 Å². The van der Waals surface area contributed by atoms with Gasteiger partial charge in [0, 0.05) is 25.6 Å². The van der Waals surface area contributed by atoms with Crippen LogP contribution in [0.5, 0.6) is 0 Å². The second-order valence-electron chi connectivity index (χ2n) is 6.83. The molecule has 1 amide bonds. The van der Waals surface area contributed by atoms with Gasteiger partial charge in [0.25, 0.3) is 0 Å². The van der Waals surface area contributed by atoms with Crippen molar-refractivity contribution in [2.75, 3.05) is 20.1 Å². The molecule has 0 saturated heterocycles. The summed E-state index contributed by atoms with van der Waals surface area (Å²) in [5, 5.41) is 9.15. The Hall–Kier alpha value is -2.16. The third kappa shape index (κ3) is 6.19. The number of amides is 1. The minimum absolute atomic E-state index is 0. The van der Waals surface area contributed by atoms with Crippen molar-refractivity contribution in [3.05, 3.63) is 71.5 Å². The Morgan fingerprint density at radius 1 is 1.07 bits per heavy atom. The number of aliphatic imine (C=N–C) groups is 1. The summed E-state index contributed by atoms with van der Waals surface area (Å²) < 4.78 is 13.5. The lowest BCUT2D eigenvalue weighted by Gasteiger charge is -2.19. The van der Waals surface area contributed by atoms with Crippen molar-refractivity contribution in [2.24, 2.45) is 4.99 Å². The van der Waals surface area contributed by atoms with E-state index in [-0.39, 0.29) is 47.7 Å². The van der Waals surface area contributed by atoms with E-state index < -0.39 is 0 Å². The minimum Gasteiger partial charge on any atom is -0.356 e. The van der Waals surface area contributed by atoms with Crippen LogP contribution < -0.4 is 16.0 Å². The Kier molecular flexibility index (Phi) is 8.22. The fourth-order valence-corrected chi connectivity index (χ4v) is 3.03. The molecule has 1 fully saturated rings. The average Bonchev–Trinajstić information content (AvgIpc) is 3.48. The first-order chi connectivity index (χ1) is 13.1. The highest BCUT2D eigenvalue weighted by Gasteiger charge is 2.44. The van der Waals surface area contributed by atoms with Gasteiger partial charge in [-0.3, -0.25) is 9.79 Å². The zero-order valence-corrected chi connectivity index (χ0v) is 18.2. The number of nitrogens with zero attached hydrogens (tertiary/aromatic N) is 1. The zero-order valence-electron chi connectivity index (χ0n) is 15.9. The molecule has 2 aromatic rings. The van der Waals surface area contributed by atoms with Crippen LogP contribution in [0.4, 0.5) is 4.39 Å². The molecule has 0 spiro atoms. The van der Waals surface area contributed by atoms with Crippen molar-refractivity contribution >= 4 is 35.8 Å². The summed E-state index contributed by atoms with van der Waals surface area (Å²) in [5.74, 6) is 0.247. The van der Waals surface area contributed by atoms with Crippen LogP contribution in [0.1, 0.15) is 24.0 Å². The molecule has 0 bridgehead atoms.